The van der Waals surface area contributed by atoms with Crippen LogP contribution in [0.1, 0.15) is 73.3 Å². The van der Waals surface area contributed by atoms with Crippen molar-refractivity contribution >= 4 is 33.2 Å². The summed E-state index contributed by atoms with van der Waals surface area (Å²) in [6.07, 6.45) is 2.20. The van der Waals surface area contributed by atoms with Crippen molar-refractivity contribution in [3.8, 4) is 5.75 Å². The van der Waals surface area contributed by atoms with Gasteiger partial charge in [-0.05, 0) is 84.9 Å². The molecule has 0 heterocycles. The first kappa shape index (κ1) is 43.0. The molecule has 0 spiro atoms. The minimum Gasteiger partial charge on any atom is -0.491 e. The molecule has 1 amide bonds. The van der Waals surface area contributed by atoms with E-state index in [-0.39, 0.29) is 49.1 Å². The van der Waals surface area contributed by atoms with Crippen LogP contribution in [0.15, 0.2) is 48.5 Å². The van der Waals surface area contributed by atoms with E-state index in [4.69, 9.17) is 23.8 Å². The lowest BCUT2D eigenvalue weighted by atomic mass is 9.98. The number of hydrogen-bond acceptors (Lipinski definition) is 11. The topological polar surface area (TPSA) is 165 Å². The van der Waals surface area contributed by atoms with Gasteiger partial charge >= 0.3 is 0 Å². The van der Waals surface area contributed by atoms with Gasteiger partial charge < -0.3 is 24.3 Å². The zero-order valence-corrected chi connectivity index (χ0v) is 31.9. The van der Waals surface area contributed by atoms with E-state index in [1.165, 1.54) is 24.3 Å². The van der Waals surface area contributed by atoms with Gasteiger partial charge in [0, 0.05) is 37.4 Å². The van der Waals surface area contributed by atoms with Crippen LogP contribution in [-0.4, -0.2) is 88.7 Å². The number of benzene rings is 2. The number of nitrogens with zero attached hydrogens (tertiary/aromatic N) is 3. The molecule has 0 radical (unpaired) electrons. The Morgan fingerprint density at radius 2 is 1.46 bits per heavy atom. The number of aryl methyl sites for hydroxylation is 1. The molecule has 280 valence electrons. The molecule has 0 aliphatic carbocycles. The largest absolute Gasteiger partial charge is 0.491 e. The number of nitro groups is 2. The maximum atomic E-state index is 12.0. The maximum Gasteiger partial charge on any atom is 0.269 e. The van der Waals surface area contributed by atoms with Crippen molar-refractivity contribution in [1.82, 2.24) is 10.4 Å². The molecule has 2 aromatic carbocycles. The van der Waals surface area contributed by atoms with Crippen LogP contribution in [0.3, 0.4) is 0 Å². The second-order valence-corrected chi connectivity index (χ2v) is 14.0. The molecule has 0 fully saturated rings. The van der Waals surface area contributed by atoms with Gasteiger partial charge in [-0.3, -0.25) is 29.9 Å². The predicted molar refractivity (Wildman–Crippen MR) is 193 cm³/mol. The molecule has 2 atom stereocenters. The SMILES string of the molecule is CCN(COC(C)(CC)COc1ccc([N+](=O)[O-])cc1)OC(CNC(=O)CBr)COC(C)(C)CCOC(C)(C)CCc1ccc([N+](=O)[O-])cc1. The van der Waals surface area contributed by atoms with E-state index < -0.39 is 32.8 Å². The number of halogens is 1. The van der Waals surface area contributed by atoms with Crippen LogP contribution in [0.25, 0.3) is 0 Å². The molecular formula is C35H53BrN4O10. The highest BCUT2D eigenvalue weighted by molar-refractivity contribution is 9.09. The minimum absolute atomic E-state index is 0.0112. The molecule has 0 bridgehead atoms. The number of ether oxygens (including phenoxy) is 4. The highest BCUT2D eigenvalue weighted by Crippen LogP contribution is 2.24. The Labute approximate surface area is 303 Å². The molecule has 50 heavy (non-hydrogen) atoms. The first-order chi connectivity index (χ1) is 23.5. The van der Waals surface area contributed by atoms with E-state index in [1.54, 1.807) is 29.3 Å². The number of carbonyl (C=O) groups excluding carboxylic acids is 1. The average molecular weight is 770 g/mol. The fourth-order valence-electron chi connectivity index (χ4n) is 4.45. The van der Waals surface area contributed by atoms with Gasteiger partial charge in [0.25, 0.3) is 11.4 Å². The number of alkyl halides is 1. The standard InChI is InChI=1S/C35H53BrN4O10/c1-8-35(7,25-46-30-16-14-29(15-17-30)40(44)45)49-26-38(9-2)50-31(23-37-32(41)22-36)24-48-34(5,6)20-21-47-33(3,4)19-18-27-10-12-28(13-11-27)39(42)43/h10-17,31H,8-9,18-26H2,1-7H3,(H,37,41). The van der Waals surface area contributed by atoms with Crippen LogP contribution in [0, 0.1) is 20.2 Å². The number of hydrogen-bond donors (Lipinski definition) is 1. The summed E-state index contributed by atoms with van der Waals surface area (Å²) in [5.74, 6) is 0.324. The summed E-state index contributed by atoms with van der Waals surface area (Å²) in [7, 11) is 0. The predicted octanol–water partition coefficient (Wildman–Crippen LogP) is 6.77. The fourth-order valence-corrected chi connectivity index (χ4v) is 4.65. The van der Waals surface area contributed by atoms with Crippen LogP contribution in [0.2, 0.25) is 0 Å². The lowest BCUT2D eigenvalue weighted by molar-refractivity contribution is -0.385. The molecule has 14 nitrogen and oxygen atoms in total. The van der Waals surface area contributed by atoms with E-state index >= 15 is 0 Å². The minimum atomic E-state index is -0.674. The number of rotatable bonds is 25. The molecule has 2 unspecified atom stereocenters. The van der Waals surface area contributed by atoms with Crippen molar-refractivity contribution in [3.05, 3.63) is 74.3 Å². The van der Waals surface area contributed by atoms with E-state index in [0.29, 0.717) is 31.7 Å². The van der Waals surface area contributed by atoms with Gasteiger partial charge in [0.15, 0.2) is 0 Å². The molecule has 0 aliphatic rings. The second-order valence-electron chi connectivity index (χ2n) is 13.4. The molecule has 15 heteroatoms. The van der Waals surface area contributed by atoms with Crippen molar-refractivity contribution in [3.63, 3.8) is 0 Å². The zero-order chi connectivity index (χ0) is 37.4. The Kier molecular flexibility index (Phi) is 17.7. The van der Waals surface area contributed by atoms with Gasteiger partial charge in [-0.1, -0.05) is 35.0 Å². The van der Waals surface area contributed by atoms with Crippen molar-refractivity contribution < 1.29 is 38.4 Å². The normalized spacial score (nSPS) is 13.9. The molecule has 0 aliphatic heterocycles. The van der Waals surface area contributed by atoms with Crippen LogP contribution < -0.4 is 10.1 Å². The Hall–Kier alpha value is -3.21. The van der Waals surface area contributed by atoms with Gasteiger partial charge in [-0.15, -0.1) is 0 Å². The number of hydroxylamine groups is 2. The Morgan fingerprint density at radius 3 is 2.00 bits per heavy atom. The van der Waals surface area contributed by atoms with E-state index in [2.05, 4.69) is 21.2 Å². The molecule has 0 saturated heterocycles. The number of nitro benzene ring substituents is 2. The zero-order valence-electron chi connectivity index (χ0n) is 30.3. The summed E-state index contributed by atoms with van der Waals surface area (Å²) < 4.78 is 24.7. The molecule has 2 rings (SSSR count). The Morgan fingerprint density at radius 1 is 0.880 bits per heavy atom. The van der Waals surface area contributed by atoms with Crippen LogP contribution in [0.4, 0.5) is 11.4 Å². The summed E-state index contributed by atoms with van der Waals surface area (Å²) in [4.78, 5) is 39.3. The lowest BCUT2D eigenvalue weighted by Crippen LogP contribution is -2.45. The summed E-state index contributed by atoms with van der Waals surface area (Å²) in [5, 5.41) is 26.5. The molecule has 0 aromatic heterocycles. The Balaban J connectivity index is 1.90. The quantitative estimate of drug-likeness (QED) is 0.0490. The fraction of sp³-hybridized carbons (Fsp3) is 0.629. The van der Waals surface area contributed by atoms with Crippen molar-refractivity contribution in [1.29, 1.82) is 0 Å². The van der Waals surface area contributed by atoms with Gasteiger partial charge in [0.05, 0.1) is 39.6 Å². The second kappa shape index (κ2) is 20.6. The molecule has 0 saturated carbocycles. The average Bonchev–Trinajstić information content (AvgIpc) is 3.09. The third-order valence-electron chi connectivity index (χ3n) is 8.22. The van der Waals surface area contributed by atoms with E-state index in [1.807, 2.05) is 48.5 Å². The third-order valence-corrected chi connectivity index (χ3v) is 8.72. The first-order valence-electron chi connectivity index (χ1n) is 16.8. The van der Waals surface area contributed by atoms with E-state index in [0.717, 1.165) is 18.4 Å². The highest BCUT2D eigenvalue weighted by Gasteiger charge is 2.28. The molecule has 2 aromatic rings. The molecule has 1 N–H and O–H groups in total. The van der Waals surface area contributed by atoms with Crippen LogP contribution in [0.5, 0.6) is 5.75 Å². The number of nitrogens with one attached hydrogen (secondary N) is 1. The van der Waals surface area contributed by atoms with Crippen molar-refractivity contribution in [2.45, 2.75) is 97.1 Å². The van der Waals surface area contributed by atoms with Crippen LogP contribution >= 0.6 is 15.9 Å². The first-order valence-corrected chi connectivity index (χ1v) is 17.9. The number of carbonyl (C=O) groups is 1. The smallest absolute Gasteiger partial charge is 0.269 e. The van der Waals surface area contributed by atoms with Crippen molar-refractivity contribution in [2.75, 3.05) is 45.0 Å². The van der Waals surface area contributed by atoms with Gasteiger partial charge in [0.1, 0.15) is 30.8 Å². The monoisotopic (exact) mass is 768 g/mol. The van der Waals surface area contributed by atoms with Crippen LogP contribution in [-0.2, 0) is 30.3 Å². The summed E-state index contributed by atoms with van der Waals surface area (Å²) in [5.41, 5.74) is -0.571. The maximum absolute atomic E-state index is 12.0. The summed E-state index contributed by atoms with van der Waals surface area (Å²) in [6.45, 7) is 15.6. The summed E-state index contributed by atoms with van der Waals surface area (Å²) >= 11 is 3.18. The lowest BCUT2D eigenvalue weighted by Gasteiger charge is -2.34. The third kappa shape index (κ3) is 16.2. The van der Waals surface area contributed by atoms with Gasteiger partial charge in [-0.2, -0.15) is 5.06 Å². The van der Waals surface area contributed by atoms with E-state index in [9.17, 15) is 25.0 Å². The Bertz CT molecular complexity index is 1340. The molecular weight excluding hydrogens is 716 g/mol. The summed E-state index contributed by atoms with van der Waals surface area (Å²) in [6, 6.07) is 12.5. The number of non-ortho nitro benzene ring substituents is 2. The number of amides is 1. The van der Waals surface area contributed by atoms with Gasteiger partial charge in [-0.25, -0.2) is 0 Å². The van der Waals surface area contributed by atoms with Gasteiger partial charge in [0.2, 0.25) is 5.91 Å². The van der Waals surface area contributed by atoms with Crippen molar-refractivity contribution in [2.24, 2.45) is 0 Å². The highest BCUT2D eigenvalue weighted by atomic mass is 79.9.